The maximum atomic E-state index is 12.5. The third-order valence-electron chi connectivity index (χ3n) is 4.22. The fourth-order valence-electron chi connectivity index (χ4n) is 2.95. The van der Waals surface area contributed by atoms with E-state index in [-0.39, 0.29) is 36.9 Å². The summed E-state index contributed by atoms with van der Waals surface area (Å²) in [4.78, 5) is 39.0. The van der Waals surface area contributed by atoms with E-state index in [1.54, 1.807) is 13.8 Å². The van der Waals surface area contributed by atoms with Gasteiger partial charge in [0.05, 0.1) is 6.04 Å². The summed E-state index contributed by atoms with van der Waals surface area (Å²) in [6.07, 6.45) is 0. The van der Waals surface area contributed by atoms with Gasteiger partial charge in [-0.05, 0) is 18.4 Å². The molecule has 1 aliphatic rings. The molecule has 1 aromatic rings. The SMILES string of the molecule is CC(C)[C@@H](C(=O)O)N1CC(=O)N([C@H](C)c2ccccc2)CC1=O. The normalized spacial score (nSPS) is 18.3. The summed E-state index contributed by atoms with van der Waals surface area (Å²) in [6, 6.07) is 8.27. The molecule has 1 heterocycles. The number of carboxylic acid groups (broad SMARTS) is 1. The maximum absolute atomic E-state index is 12.5. The van der Waals surface area contributed by atoms with Gasteiger partial charge in [-0.3, -0.25) is 9.59 Å². The van der Waals surface area contributed by atoms with Crippen LogP contribution >= 0.6 is 0 Å². The van der Waals surface area contributed by atoms with E-state index >= 15 is 0 Å². The van der Waals surface area contributed by atoms with Gasteiger partial charge in [0.2, 0.25) is 11.8 Å². The van der Waals surface area contributed by atoms with Crippen LogP contribution in [0.5, 0.6) is 0 Å². The Morgan fingerprint density at radius 2 is 1.52 bits per heavy atom. The Morgan fingerprint density at radius 1 is 1.00 bits per heavy atom. The van der Waals surface area contributed by atoms with Crippen molar-refractivity contribution in [1.82, 2.24) is 9.80 Å². The molecule has 0 radical (unpaired) electrons. The number of amides is 2. The first-order valence-electron chi connectivity index (χ1n) is 7.69. The Kier molecular flexibility index (Phi) is 5.03. The molecule has 23 heavy (non-hydrogen) atoms. The van der Waals surface area contributed by atoms with E-state index in [1.165, 1.54) is 9.80 Å². The zero-order valence-corrected chi connectivity index (χ0v) is 13.6. The Balaban J connectivity index is 2.18. The molecule has 6 heteroatoms. The number of hydrogen-bond acceptors (Lipinski definition) is 3. The first-order chi connectivity index (χ1) is 10.8. The lowest BCUT2D eigenvalue weighted by atomic mass is 10.0. The monoisotopic (exact) mass is 318 g/mol. The van der Waals surface area contributed by atoms with E-state index in [4.69, 9.17) is 0 Å². The highest BCUT2D eigenvalue weighted by atomic mass is 16.4. The second-order valence-electron chi connectivity index (χ2n) is 6.16. The number of rotatable bonds is 5. The molecule has 2 rings (SSSR count). The number of aliphatic carboxylic acids is 1. The summed E-state index contributed by atoms with van der Waals surface area (Å²) < 4.78 is 0. The van der Waals surface area contributed by atoms with Crippen molar-refractivity contribution in [2.24, 2.45) is 5.92 Å². The molecule has 2 atom stereocenters. The zero-order valence-electron chi connectivity index (χ0n) is 13.6. The van der Waals surface area contributed by atoms with Crippen LogP contribution in [0.4, 0.5) is 0 Å². The van der Waals surface area contributed by atoms with Gasteiger partial charge < -0.3 is 14.9 Å². The van der Waals surface area contributed by atoms with Gasteiger partial charge in [-0.1, -0.05) is 44.2 Å². The van der Waals surface area contributed by atoms with Gasteiger partial charge in [-0.2, -0.15) is 0 Å². The minimum atomic E-state index is -1.08. The van der Waals surface area contributed by atoms with Gasteiger partial charge in [0.25, 0.3) is 0 Å². The van der Waals surface area contributed by atoms with Crippen LogP contribution in [0.2, 0.25) is 0 Å². The minimum Gasteiger partial charge on any atom is -0.480 e. The molecule has 1 aromatic carbocycles. The number of carboxylic acids is 1. The molecule has 0 saturated carbocycles. The molecule has 6 nitrogen and oxygen atoms in total. The largest absolute Gasteiger partial charge is 0.480 e. The van der Waals surface area contributed by atoms with Crippen LogP contribution in [0, 0.1) is 5.92 Å². The number of benzene rings is 1. The van der Waals surface area contributed by atoms with Gasteiger partial charge in [0, 0.05) is 0 Å². The molecule has 124 valence electrons. The Hall–Kier alpha value is -2.37. The van der Waals surface area contributed by atoms with E-state index in [2.05, 4.69) is 0 Å². The van der Waals surface area contributed by atoms with Crippen LogP contribution < -0.4 is 0 Å². The standard InChI is InChI=1S/C17H22N2O4/c1-11(2)16(17(22)23)19-10-14(20)18(9-15(19)21)12(3)13-7-5-4-6-8-13/h4-8,11-12,16H,9-10H2,1-3H3,(H,22,23)/t12-,16+/m1/s1. The molecule has 0 unspecified atom stereocenters. The third kappa shape index (κ3) is 3.52. The van der Waals surface area contributed by atoms with Crippen LogP contribution in [-0.4, -0.2) is 51.8 Å². The predicted molar refractivity (Wildman–Crippen MR) is 84.5 cm³/mol. The van der Waals surface area contributed by atoms with E-state index < -0.39 is 12.0 Å². The smallest absolute Gasteiger partial charge is 0.326 e. The maximum Gasteiger partial charge on any atom is 0.326 e. The Bertz CT molecular complexity index is 600. The summed E-state index contributed by atoms with van der Waals surface area (Å²) in [5.74, 6) is -1.89. The molecular formula is C17H22N2O4. The van der Waals surface area contributed by atoms with Crippen molar-refractivity contribution in [2.75, 3.05) is 13.1 Å². The average Bonchev–Trinajstić information content (AvgIpc) is 2.50. The lowest BCUT2D eigenvalue weighted by Crippen LogP contribution is -2.60. The molecule has 1 aliphatic heterocycles. The van der Waals surface area contributed by atoms with E-state index in [9.17, 15) is 19.5 Å². The molecule has 1 N–H and O–H groups in total. The molecule has 0 spiro atoms. The number of piperazine rings is 1. The second kappa shape index (κ2) is 6.81. The highest BCUT2D eigenvalue weighted by Gasteiger charge is 2.40. The summed E-state index contributed by atoms with van der Waals surface area (Å²) in [5.41, 5.74) is 0.945. The first kappa shape index (κ1) is 17.0. The quantitative estimate of drug-likeness (QED) is 0.893. The average molecular weight is 318 g/mol. The topological polar surface area (TPSA) is 77.9 Å². The first-order valence-corrected chi connectivity index (χ1v) is 7.69. The van der Waals surface area contributed by atoms with Gasteiger partial charge in [0.15, 0.2) is 0 Å². The van der Waals surface area contributed by atoms with Crippen molar-refractivity contribution in [2.45, 2.75) is 32.9 Å². The summed E-state index contributed by atoms with van der Waals surface area (Å²) in [6.45, 7) is 5.05. The zero-order chi connectivity index (χ0) is 17.1. The number of carbonyl (C=O) groups is 3. The minimum absolute atomic E-state index is 0.0919. The Labute approximate surface area is 135 Å². The lowest BCUT2D eigenvalue weighted by molar-refractivity contribution is -0.162. The van der Waals surface area contributed by atoms with Crippen LogP contribution in [0.3, 0.4) is 0 Å². The summed E-state index contributed by atoms with van der Waals surface area (Å²) in [7, 11) is 0. The van der Waals surface area contributed by atoms with Gasteiger partial charge in [0.1, 0.15) is 19.1 Å². The summed E-state index contributed by atoms with van der Waals surface area (Å²) >= 11 is 0. The molecule has 0 aromatic heterocycles. The van der Waals surface area contributed by atoms with Gasteiger partial charge in [-0.15, -0.1) is 0 Å². The van der Waals surface area contributed by atoms with Crippen LogP contribution in [0.1, 0.15) is 32.4 Å². The highest BCUT2D eigenvalue weighted by Crippen LogP contribution is 2.24. The molecule has 0 aliphatic carbocycles. The fraction of sp³-hybridized carbons (Fsp3) is 0.471. The number of hydrogen-bond donors (Lipinski definition) is 1. The molecule has 1 fully saturated rings. The lowest BCUT2D eigenvalue weighted by Gasteiger charge is -2.40. The van der Waals surface area contributed by atoms with Gasteiger partial charge in [-0.25, -0.2) is 4.79 Å². The highest BCUT2D eigenvalue weighted by molar-refractivity contribution is 5.95. The van der Waals surface area contributed by atoms with E-state index in [0.717, 1.165) is 5.56 Å². The van der Waals surface area contributed by atoms with E-state index in [1.807, 2.05) is 37.3 Å². The Morgan fingerprint density at radius 3 is 2.04 bits per heavy atom. The van der Waals surface area contributed by atoms with Crippen LogP contribution in [-0.2, 0) is 14.4 Å². The van der Waals surface area contributed by atoms with Crippen molar-refractivity contribution in [3.05, 3.63) is 35.9 Å². The summed E-state index contributed by atoms with van der Waals surface area (Å²) in [5, 5.41) is 9.33. The third-order valence-corrected chi connectivity index (χ3v) is 4.22. The number of nitrogens with zero attached hydrogens (tertiary/aromatic N) is 2. The number of carbonyl (C=O) groups excluding carboxylic acids is 2. The fourth-order valence-corrected chi connectivity index (χ4v) is 2.95. The molecule has 0 bridgehead atoms. The molecular weight excluding hydrogens is 296 g/mol. The second-order valence-corrected chi connectivity index (χ2v) is 6.16. The van der Waals surface area contributed by atoms with Crippen molar-refractivity contribution >= 4 is 17.8 Å². The van der Waals surface area contributed by atoms with Crippen molar-refractivity contribution in [3.63, 3.8) is 0 Å². The van der Waals surface area contributed by atoms with Crippen LogP contribution in [0.25, 0.3) is 0 Å². The molecule has 2 amide bonds. The van der Waals surface area contributed by atoms with Gasteiger partial charge >= 0.3 is 5.97 Å². The van der Waals surface area contributed by atoms with Crippen molar-refractivity contribution in [1.29, 1.82) is 0 Å². The molecule has 1 saturated heterocycles. The van der Waals surface area contributed by atoms with Crippen molar-refractivity contribution in [3.8, 4) is 0 Å². The van der Waals surface area contributed by atoms with Crippen LogP contribution in [0.15, 0.2) is 30.3 Å². The van der Waals surface area contributed by atoms with Crippen molar-refractivity contribution < 1.29 is 19.5 Å². The predicted octanol–water partition coefficient (Wildman–Crippen LogP) is 1.53. The van der Waals surface area contributed by atoms with E-state index in [0.29, 0.717) is 0 Å².